The van der Waals surface area contributed by atoms with Crippen LogP contribution in [0.4, 0.5) is 25.1 Å². The van der Waals surface area contributed by atoms with Gasteiger partial charge < -0.3 is 4.74 Å². The number of carbonyl (C=O) groups is 1. The van der Waals surface area contributed by atoms with Crippen LogP contribution < -0.4 is 9.62 Å². The van der Waals surface area contributed by atoms with E-state index in [1.54, 1.807) is 20.8 Å². The molecule has 0 atom stereocenters. The molecule has 3 aromatic rings. The van der Waals surface area contributed by atoms with Gasteiger partial charge in [0.05, 0.1) is 17.7 Å². The Morgan fingerprint density at radius 3 is 2.35 bits per heavy atom. The number of benzene rings is 2. The fourth-order valence-corrected chi connectivity index (χ4v) is 5.48. The van der Waals surface area contributed by atoms with Gasteiger partial charge >= 0.3 is 6.09 Å². The van der Waals surface area contributed by atoms with Gasteiger partial charge in [-0.3, -0.25) is 14.5 Å². The Hall–Kier alpha value is -3.09. The molecule has 198 valence electrons. The smallest absolute Gasteiger partial charge is 0.415 e. The molecular weight excluding hydrogens is 522 g/mol. The van der Waals surface area contributed by atoms with Crippen LogP contribution in [0.25, 0.3) is 0 Å². The molecule has 0 aliphatic carbocycles. The van der Waals surface area contributed by atoms with Crippen LogP contribution in [0.1, 0.15) is 38.3 Å². The number of nitrogens with zero attached hydrogens (tertiary/aromatic N) is 3. The molecule has 1 amide bonds. The predicted molar refractivity (Wildman–Crippen MR) is 138 cm³/mol. The molecule has 4 rings (SSSR count). The summed E-state index contributed by atoms with van der Waals surface area (Å²) in [5.74, 6) is -2.75. The minimum atomic E-state index is -4.61. The molecule has 1 N–H and O–H groups in total. The van der Waals surface area contributed by atoms with E-state index in [2.05, 4.69) is 14.6 Å². The van der Waals surface area contributed by atoms with Gasteiger partial charge in [-0.05, 0) is 63.5 Å². The number of hydrogen-bond acceptors (Lipinski definition) is 7. The largest absolute Gasteiger partial charge is 0.443 e. The predicted octanol–water partition coefficient (Wildman–Crippen LogP) is 5.37. The number of hydrogen-bond donors (Lipinski definition) is 1. The van der Waals surface area contributed by atoms with Crippen molar-refractivity contribution in [1.29, 1.82) is 0 Å². The highest BCUT2D eigenvalue weighted by molar-refractivity contribution is 7.92. The number of nitrogens with one attached hydrogen (secondary N) is 1. The summed E-state index contributed by atoms with van der Waals surface area (Å²) in [7, 11) is -4.61. The first-order valence-electron chi connectivity index (χ1n) is 11.6. The molecule has 1 aliphatic heterocycles. The second-order valence-electron chi connectivity index (χ2n) is 9.68. The Morgan fingerprint density at radius 2 is 1.81 bits per heavy atom. The molecule has 1 saturated heterocycles. The average molecular weight is 551 g/mol. The van der Waals surface area contributed by atoms with Gasteiger partial charge in [0.2, 0.25) is 0 Å². The summed E-state index contributed by atoms with van der Waals surface area (Å²) in [5, 5.41) is 1.39. The summed E-state index contributed by atoms with van der Waals surface area (Å²) in [4.78, 5) is 19.2. The number of rotatable bonds is 8. The Bertz CT molecular complexity index is 1350. The number of amides is 1. The zero-order valence-electron chi connectivity index (χ0n) is 20.7. The first kappa shape index (κ1) is 27.0. The number of aromatic nitrogens is 1. The fraction of sp³-hybridized carbons (Fsp3) is 0.360. The molecule has 2 aromatic carbocycles. The van der Waals surface area contributed by atoms with Crippen molar-refractivity contribution in [1.82, 2.24) is 9.88 Å². The van der Waals surface area contributed by atoms with E-state index in [1.807, 2.05) is 24.3 Å². The standard InChI is InChI=1S/C25H28F2N4O4S2/c1-25(2,3)35-24(32)31(14-18-8-5-4-7-17(18)13-30-9-6-10-30)19-11-20(26)23(21(27)12-19)37(33,34)29-22-15-36-16-28-22/h4-5,7-8,11-12,15-16,29H,6,9-10,13-14H2,1-3H3. The Kier molecular flexibility index (Phi) is 7.81. The van der Waals surface area contributed by atoms with Gasteiger partial charge in [-0.15, -0.1) is 11.3 Å². The summed E-state index contributed by atoms with van der Waals surface area (Å²) in [6.45, 7) is 7.66. The number of thiazole rings is 1. The van der Waals surface area contributed by atoms with Crippen LogP contribution in [0.5, 0.6) is 0 Å². The van der Waals surface area contributed by atoms with Gasteiger partial charge in [-0.1, -0.05) is 24.3 Å². The van der Waals surface area contributed by atoms with Gasteiger partial charge in [0, 0.05) is 11.9 Å². The lowest BCUT2D eigenvalue weighted by atomic mass is 10.0. The zero-order valence-corrected chi connectivity index (χ0v) is 22.3. The van der Waals surface area contributed by atoms with Gasteiger partial charge in [-0.25, -0.2) is 27.0 Å². The van der Waals surface area contributed by atoms with Crippen molar-refractivity contribution < 1.29 is 26.7 Å². The second kappa shape index (κ2) is 10.7. The van der Waals surface area contributed by atoms with E-state index >= 15 is 8.78 Å². The molecule has 8 nitrogen and oxygen atoms in total. The Balaban J connectivity index is 1.70. The van der Waals surface area contributed by atoms with Crippen LogP contribution in [-0.4, -0.2) is 43.1 Å². The molecule has 12 heteroatoms. The van der Waals surface area contributed by atoms with Crippen molar-refractivity contribution in [3.63, 3.8) is 0 Å². The summed E-state index contributed by atoms with van der Waals surface area (Å²) in [5.41, 5.74) is 2.10. The molecule has 0 spiro atoms. The van der Waals surface area contributed by atoms with E-state index in [1.165, 1.54) is 10.9 Å². The molecular formula is C25H28F2N4O4S2. The highest BCUT2D eigenvalue weighted by Crippen LogP contribution is 2.30. The van der Waals surface area contributed by atoms with Crippen molar-refractivity contribution in [2.24, 2.45) is 0 Å². The lowest BCUT2D eigenvalue weighted by Crippen LogP contribution is -2.38. The highest BCUT2D eigenvalue weighted by Gasteiger charge is 2.30. The third-order valence-electron chi connectivity index (χ3n) is 5.64. The Labute approximate surface area is 218 Å². The van der Waals surface area contributed by atoms with Crippen LogP contribution in [0.3, 0.4) is 0 Å². The molecule has 0 bridgehead atoms. The summed E-state index contributed by atoms with van der Waals surface area (Å²) >= 11 is 1.12. The van der Waals surface area contributed by atoms with Crippen LogP contribution in [0, 0.1) is 11.6 Å². The first-order valence-corrected chi connectivity index (χ1v) is 14.1. The van der Waals surface area contributed by atoms with Crippen molar-refractivity contribution in [2.75, 3.05) is 22.7 Å². The highest BCUT2D eigenvalue weighted by atomic mass is 32.2. The molecule has 2 heterocycles. The van der Waals surface area contributed by atoms with E-state index in [0.29, 0.717) is 6.54 Å². The first-order chi connectivity index (χ1) is 17.4. The number of halogens is 2. The lowest BCUT2D eigenvalue weighted by Gasteiger charge is -2.32. The van der Waals surface area contributed by atoms with Crippen LogP contribution >= 0.6 is 11.3 Å². The second-order valence-corrected chi connectivity index (χ2v) is 12.0. The third kappa shape index (κ3) is 6.62. The van der Waals surface area contributed by atoms with E-state index in [9.17, 15) is 13.2 Å². The van der Waals surface area contributed by atoms with Crippen molar-refractivity contribution in [3.05, 3.63) is 70.1 Å². The van der Waals surface area contributed by atoms with E-state index in [0.717, 1.165) is 59.0 Å². The van der Waals surface area contributed by atoms with Crippen molar-refractivity contribution in [2.45, 2.75) is 50.8 Å². The number of ether oxygens (including phenoxy) is 1. The van der Waals surface area contributed by atoms with Gasteiger partial charge in [0.1, 0.15) is 17.2 Å². The normalized spacial score (nSPS) is 14.2. The molecule has 1 fully saturated rings. The monoisotopic (exact) mass is 550 g/mol. The average Bonchev–Trinajstić information content (AvgIpc) is 3.25. The molecule has 0 radical (unpaired) electrons. The Morgan fingerprint density at radius 1 is 1.16 bits per heavy atom. The van der Waals surface area contributed by atoms with Gasteiger partial charge in [0.25, 0.3) is 10.0 Å². The minimum absolute atomic E-state index is 0.0268. The summed E-state index contributed by atoms with van der Waals surface area (Å²) in [6.07, 6.45) is 0.304. The van der Waals surface area contributed by atoms with Crippen LogP contribution in [0.15, 0.2) is 52.2 Å². The molecule has 0 unspecified atom stereocenters. The van der Waals surface area contributed by atoms with E-state index in [4.69, 9.17) is 4.74 Å². The quantitative estimate of drug-likeness (QED) is 0.406. The maximum Gasteiger partial charge on any atom is 0.415 e. The third-order valence-corrected chi connectivity index (χ3v) is 7.63. The number of likely N-dealkylation sites (tertiary alicyclic amines) is 1. The summed E-state index contributed by atoms with van der Waals surface area (Å²) in [6, 6.07) is 9.15. The summed E-state index contributed by atoms with van der Waals surface area (Å²) < 4.78 is 63.3. The molecule has 37 heavy (non-hydrogen) atoms. The lowest BCUT2D eigenvalue weighted by molar-refractivity contribution is 0.0577. The van der Waals surface area contributed by atoms with Gasteiger partial charge in [-0.2, -0.15) is 0 Å². The maximum atomic E-state index is 15.2. The van der Waals surface area contributed by atoms with E-state index in [-0.39, 0.29) is 18.1 Å². The number of anilines is 2. The maximum absolute atomic E-state index is 15.2. The van der Waals surface area contributed by atoms with Crippen LogP contribution in [-0.2, 0) is 27.8 Å². The van der Waals surface area contributed by atoms with Gasteiger partial charge in [0.15, 0.2) is 10.7 Å². The fourth-order valence-electron chi connectivity index (χ4n) is 3.81. The number of sulfonamides is 1. The minimum Gasteiger partial charge on any atom is -0.443 e. The van der Waals surface area contributed by atoms with Crippen LogP contribution in [0.2, 0.25) is 0 Å². The topological polar surface area (TPSA) is 91.8 Å². The molecule has 1 aliphatic rings. The zero-order chi connectivity index (χ0) is 26.8. The van der Waals surface area contributed by atoms with Crippen molar-refractivity contribution >= 4 is 39.0 Å². The SMILES string of the molecule is CC(C)(C)OC(=O)N(Cc1ccccc1CN1CCC1)c1cc(F)c(S(=O)(=O)Nc2cscn2)c(F)c1. The molecule has 0 saturated carbocycles. The number of carbonyl (C=O) groups excluding carboxylic acids is 1. The van der Waals surface area contributed by atoms with E-state index < -0.39 is 38.2 Å². The molecule has 1 aromatic heterocycles. The van der Waals surface area contributed by atoms with Crippen molar-refractivity contribution in [3.8, 4) is 0 Å².